The fourth-order valence-electron chi connectivity index (χ4n) is 4.35. The van der Waals surface area contributed by atoms with Crippen molar-refractivity contribution in [3.05, 3.63) is 100 Å². The van der Waals surface area contributed by atoms with Gasteiger partial charge >= 0.3 is 5.56 Å². The van der Waals surface area contributed by atoms with Gasteiger partial charge in [-0.2, -0.15) is 14.1 Å². The highest BCUT2D eigenvalue weighted by Gasteiger charge is 2.31. The van der Waals surface area contributed by atoms with Crippen molar-refractivity contribution >= 4 is 27.0 Å². The first-order valence-corrected chi connectivity index (χ1v) is 14.5. The molecule has 0 atom stereocenters. The van der Waals surface area contributed by atoms with Gasteiger partial charge in [0.15, 0.2) is 0 Å². The minimum atomic E-state index is -3.52. The summed E-state index contributed by atoms with van der Waals surface area (Å²) in [6.45, 7) is 1.87. The van der Waals surface area contributed by atoms with E-state index in [1.54, 1.807) is 23.7 Å². The number of thiophene rings is 1. The summed E-state index contributed by atoms with van der Waals surface area (Å²) in [5, 5.41) is 6.18. The Hall–Kier alpha value is -3.47. The van der Waals surface area contributed by atoms with Crippen molar-refractivity contribution in [2.24, 2.45) is 0 Å². The Balaban J connectivity index is 1.35. The number of aromatic nitrogens is 2. The van der Waals surface area contributed by atoms with Crippen LogP contribution in [0.2, 0.25) is 0 Å². The molecule has 0 amide bonds. The quantitative estimate of drug-likeness (QED) is 0.303. The van der Waals surface area contributed by atoms with Crippen molar-refractivity contribution in [3.8, 4) is 11.4 Å². The Morgan fingerprint density at radius 3 is 2.27 bits per heavy atom. The van der Waals surface area contributed by atoms with Gasteiger partial charge in [-0.15, -0.1) is 11.3 Å². The highest BCUT2D eigenvalue weighted by molar-refractivity contribution is 7.91. The molecule has 4 aromatic rings. The zero-order chi connectivity index (χ0) is 25.7. The third-order valence-corrected chi connectivity index (χ3v) is 9.55. The number of sulfonamides is 1. The third kappa shape index (κ3) is 5.61. The van der Waals surface area contributed by atoms with Gasteiger partial charge in [-0.05, 0) is 42.0 Å². The molecule has 0 saturated carbocycles. The van der Waals surface area contributed by atoms with Crippen molar-refractivity contribution in [2.45, 2.75) is 17.1 Å². The molecule has 0 aliphatic carbocycles. The molecule has 0 spiro atoms. The van der Waals surface area contributed by atoms with Crippen LogP contribution in [-0.2, 0) is 16.4 Å². The maximum absolute atomic E-state index is 13.5. The number of rotatable bonds is 9. The molecule has 1 saturated heterocycles. The molecule has 1 aliphatic heterocycles. The fourth-order valence-corrected chi connectivity index (χ4v) is 6.91. The SMILES string of the molecule is O=c1c(OCCCc2ccccc2)c(N2CCN(S(=O)(=O)c3cccs3)CC2)cnn1-c1ccccc1. The van der Waals surface area contributed by atoms with Crippen molar-refractivity contribution in [3.63, 3.8) is 0 Å². The van der Waals surface area contributed by atoms with Crippen molar-refractivity contribution in [1.82, 2.24) is 14.1 Å². The smallest absolute Gasteiger partial charge is 0.316 e. The van der Waals surface area contributed by atoms with Gasteiger partial charge in [-0.3, -0.25) is 4.79 Å². The van der Waals surface area contributed by atoms with E-state index in [2.05, 4.69) is 17.2 Å². The molecule has 1 fully saturated rings. The van der Waals surface area contributed by atoms with Crippen LogP contribution in [0.3, 0.4) is 0 Å². The summed E-state index contributed by atoms with van der Waals surface area (Å²) in [6.07, 6.45) is 3.24. The number of hydrogen-bond acceptors (Lipinski definition) is 7. The predicted octanol–water partition coefficient (Wildman–Crippen LogP) is 3.82. The van der Waals surface area contributed by atoms with E-state index in [1.165, 1.54) is 25.9 Å². The first-order chi connectivity index (χ1) is 18.0. The van der Waals surface area contributed by atoms with Crippen LogP contribution < -0.4 is 15.2 Å². The monoisotopic (exact) mass is 536 g/mol. The van der Waals surface area contributed by atoms with E-state index in [0.717, 1.165) is 12.8 Å². The topological polar surface area (TPSA) is 84.7 Å². The standard InChI is InChI=1S/C27H28N4O4S2/c32-27-26(35-19-7-11-22-9-3-1-4-10-22)24(21-28-31(27)23-12-5-2-6-13-23)29-15-17-30(18-16-29)37(33,34)25-14-8-20-36-25/h1-6,8-10,12-14,20-21H,7,11,15-19H2. The van der Waals surface area contributed by atoms with E-state index in [4.69, 9.17) is 4.74 Å². The second-order valence-electron chi connectivity index (χ2n) is 8.67. The van der Waals surface area contributed by atoms with E-state index in [0.29, 0.717) is 48.4 Å². The molecule has 2 aromatic heterocycles. The molecule has 5 rings (SSSR count). The summed E-state index contributed by atoms with van der Waals surface area (Å²) in [7, 11) is -3.52. The summed E-state index contributed by atoms with van der Waals surface area (Å²) in [5.74, 6) is 0.237. The van der Waals surface area contributed by atoms with Crippen LogP contribution in [0.4, 0.5) is 5.69 Å². The average molecular weight is 537 g/mol. The van der Waals surface area contributed by atoms with Crippen molar-refractivity contribution in [1.29, 1.82) is 0 Å². The first kappa shape index (κ1) is 25.2. The number of piperazine rings is 1. The third-order valence-electron chi connectivity index (χ3n) is 6.28. The summed E-state index contributed by atoms with van der Waals surface area (Å²) in [5.41, 5.74) is 2.12. The van der Waals surface area contributed by atoms with Crippen LogP contribution in [0.25, 0.3) is 5.69 Å². The Bertz CT molecular complexity index is 1470. The predicted molar refractivity (Wildman–Crippen MR) is 145 cm³/mol. The van der Waals surface area contributed by atoms with Crippen LogP contribution in [0.15, 0.2) is 93.4 Å². The van der Waals surface area contributed by atoms with Crippen LogP contribution in [0.5, 0.6) is 5.75 Å². The van der Waals surface area contributed by atoms with Crippen molar-refractivity contribution < 1.29 is 13.2 Å². The lowest BCUT2D eigenvalue weighted by Gasteiger charge is -2.35. The molecule has 192 valence electrons. The molecule has 3 heterocycles. The van der Waals surface area contributed by atoms with Gasteiger partial charge in [-0.1, -0.05) is 54.6 Å². The second kappa shape index (κ2) is 11.3. The number of benzene rings is 2. The van der Waals surface area contributed by atoms with Gasteiger partial charge in [0.2, 0.25) is 5.75 Å². The zero-order valence-corrected chi connectivity index (χ0v) is 21.9. The van der Waals surface area contributed by atoms with Gasteiger partial charge < -0.3 is 9.64 Å². The number of aryl methyl sites for hydroxylation is 1. The molecular weight excluding hydrogens is 508 g/mol. The van der Waals surface area contributed by atoms with E-state index < -0.39 is 10.0 Å². The highest BCUT2D eigenvalue weighted by Crippen LogP contribution is 2.28. The summed E-state index contributed by atoms with van der Waals surface area (Å²) in [6, 6.07) is 22.7. The average Bonchev–Trinajstić information content (AvgIpc) is 3.49. The van der Waals surface area contributed by atoms with E-state index in [9.17, 15) is 13.2 Å². The van der Waals surface area contributed by atoms with E-state index in [-0.39, 0.29) is 11.3 Å². The van der Waals surface area contributed by atoms with Crippen LogP contribution in [0.1, 0.15) is 12.0 Å². The normalized spacial score (nSPS) is 14.5. The molecule has 8 nitrogen and oxygen atoms in total. The van der Waals surface area contributed by atoms with Crippen LogP contribution in [-0.4, -0.2) is 55.3 Å². The van der Waals surface area contributed by atoms with Gasteiger partial charge in [0.1, 0.15) is 9.90 Å². The molecule has 10 heteroatoms. The Labute approximate surface area is 220 Å². The molecule has 0 N–H and O–H groups in total. The minimum Gasteiger partial charge on any atom is -0.486 e. The fraction of sp³-hybridized carbons (Fsp3) is 0.259. The number of hydrogen-bond donors (Lipinski definition) is 0. The highest BCUT2D eigenvalue weighted by atomic mass is 32.2. The molecule has 0 bridgehead atoms. The number of para-hydroxylation sites is 1. The van der Waals surface area contributed by atoms with Gasteiger partial charge in [0.25, 0.3) is 10.0 Å². The maximum atomic E-state index is 13.5. The van der Waals surface area contributed by atoms with Crippen molar-refractivity contribution in [2.75, 3.05) is 37.7 Å². The van der Waals surface area contributed by atoms with Crippen LogP contribution in [0, 0.1) is 0 Å². The molecule has 37 heavy (non-hydrogen) atoms. The van der Waals surface area contributed by atoms with Crippen LogP contribution >= 0.6 is 11.3 Å². The van der Waals surface area contributed by atoms with Gasteiger partial charge in [0, 0.05) is 26.2 Å². The Kier molecular flexibility index (Phi) is 7.68. The van der Waals surface area contributed by atoms with Gasteiger partial charge in [-0.25, -0.2) is 8.42 Å². The Morgan fingerprint density at radius 2 is 1.59 bits per heavy atom. The Morgan fingerprint density at radius 1 is 0.892 bits per heavy atom. The minimum absolute atomic E-state index is 0.237. The van der Waals surface area contributed by atoms with E-state index in [1.807, 2.05) is 53.4 Å². The lowest BCUT2D eigenvalue weighted by molar-refractivity contribution is 0.303. The summed E-state index contributed by atoms with van der Waals surface area (Å²) < 4.78 is 35.2. The zero-order valence-electron chi connectivity index (χ0n) is 20.3. The first-order valence-electron chi connectivity index (χ1n) is 12.2. The molecule has 0 unspecified atom stereocenters. The van der Waals surface area contributed by atoms with E-state index >= 15 is 0 Å². The van der Waals surface area contributed by atoms with Gasteiger partial charge in [0.05, 0.1) is 18.5 Å². The lowest BCUT2D eigenvalue weighted by Crippen LogP contribution is -2.49. The summed E-state index contributed by atoms with van der Waals surface area (Å²) in [4.78, 5) is 15.5. The molecule has 0 radical (unpaired) electrons. The molecule has 1 aliphatic rings. The number of ether oxygens (including phenoxy) is 1. The number of nitrogens with zero attached hydrogens (tertiary/aromatic N) is 4. The summed E-state index contributed by atoms with van der Waals surface area (Å²) >= 11 is 1.22. The molecular formula is C27H28N4O4S2. The maximum Gasteiger partial charge on any atom is 0.316 e. The second-order valence-corrected chi connectivity index (χ2v) is 11.8. The lowest BCUT2D eigenvalue weighted by atomic mass is 10.1. The largest absolute Gasteiger partial charge is 0.486 e. The molecule has 2 aromatic carbocycles. The number of anilines is 1.